The summed E-state index contributed by atoms with van der Waals surface area (Å²) in [6.45, 7) is 3.45. The average Bonchev–Trinajstić information content (AvgIpc) is 2.68. The lowest BCUT2D eigenvalue weighted by Crippen LogP contribution is -2.19. The molecular formula is C20H23NO3. The first kappa shape index (κ1) is 16.5. The number of rotatable bonds is 5. The van der Waals surface area contributed by atoms with Gasteiger partial charge in [-0.05, 0) is 38.7 Å². The standard InChI is InChI=1S/C20H23NO3/c1-4-15-16-7-5-6-8-18(16)24-19-13-14(23-12-11-21(2)3)9-10-17(19)20(15)22/h5-10,13,15H,4,11-12H2,1-3H3. The molecule has 0 radical (unpaired) electrons. The third-order valence-electron chi connectivity index (χ3n) is 4.26. The van der Waals surface area contributed by atoms with Gasteiger partial charge in [-0.3, -0.25) is 4.79 Å². The number of carbonyl (C=O) groups excluding carboxylic acids is 1. The fourth-order valence-corrected chi connectivity index (χ4v) is 2.94. The van der Waals surface area contributed by atoms with Gasteiger partial charge in [0.2, 0.25) is 0 Å². The molecule has 0 spiro atoms. The fourth-order valence-electron chi connectivity index (χ4n) is 2.94. The SMILES string of the molecule is CCC1C(=O)c2ccc(OCCN(C)C)cc2Oc2ccccc21. The highest BCUT2D eigenvalue weighted by Gasteiger charge is 2.29. The molecule has 4 nitrogen and oxygen atoms in total. The van der Waals surface area contributed by atoms with Crippen LogP contribution in [0, 0.1) is 0 Å². The predicted molar refractivity (Wildman–Crippen MR) is 94.4 cm³/mol. The Morgan fingerprint density at radius 2 is 1.92 bits per heavy atom. The van der Waals surface area contributed by atoms with Crippen molar-refractivity contribution in [2.75, 3.05) is 27.2 Å². The minimum atomic E-state index is -0.164. The molecule has 3 rings (SSSR count). The average molecular weight is 325 g/mol. The highest BCUT2D eigenvalue weighted by molar-refractivity contribution is 6.04. The van der Waals surface area contributed by atoms with Crippen LogP contribution < -0.4 is 9.47 Å². The number of benzene rings is 2. The van der Waals surface area contributed by atoms with Crippen LogP contribution in [0.4, 0.5) is 0 Å². The minimum absolute atomic E-state index is 0.109. The molecule has 4 heteroatoms. The molecule has 0 fully saturated rings. The zero-order valence-corrected chi connectivity index (χ0v) is 14.4. The van der Waals surface area contributed by atoms with Crippen molar-refractivity contribution in [2.45, 2.75) is 19.3 Å². The first-order valence-corrected chi connectivity index (χ1v) is 8.32. The molecular weight excluding hydrogens is 302 g/mol. The number of carbonyl (C=O) groups is 1. The molecule has 1 heterocycles. The van der Waals surface area contributed by atoms with E-state index >= 15 is 0 Å². The van der Waals surface area contributed by atoms with E-state index in [0.717, 1.165) is 30.0 Å². The fraction of sp³-hybridized carbons (Fsp3) is 0.350. The Labute approximate surface area is 143 Å². The molecule has 24 heavy (non-hydrogen) atoms. The van der Waals surface area contributed by atoms with Crippen molar-refractivity contribution in [1.29, 1.82) is 0 Å². The Balaban J connectivity index is 1.93. The van der Waals surface area contributed by atoms with Crippen molar-refractivity contribution >= 4 is 5.78 Å². The summed E-state index contributed by atoms with van der Waals surface area (Å²) in [6, 6.07) is 13.2. The van der Waals surface area contributed by atoms with Gasteiger partial charge in [-0.25, -0.2) is 0 Å². The third-order valence-corrected chi connectivity index (χ3v) is 4.26. The van der Waals surface area contributed by atoms with Gasteiger partial charge in [0.05, 0.1) is 11.5 Å². The topological polar surface area (TPSA) is 38.8 Å². The molecule has 0 amide bonds. The van der Waals surface area contributed by atoms with Crippen molar-refractivity contribution < 1.29 is 14.3 Å². The summed E-state index contributed by atoms with van der Waals surface area (Å²) in [6.07, 6.45) is 0.750. The van der Waals surface area contributed by atoms with Crippen LogP contribution in [0.2, 0.25) is 0 Å². The number of para-hydroxylation sites is 1. The van der Waals surface area contributed by atoms with Crippen LogP contribution in [-0.2, 0) is 0 Å². The molecule has 2 aromatic carbocycles. The number of hydrogen-bond acceptors (Lipinski definition) is 4. The lowest BCUT2D eigenvalue weighted by atomic mass is 9.88. The van der Waals surface area contributed by atoms with E-state index < -0.39 is 0 Å². The maximum absolute atomic E-state index is 12.9. The maximum atomic E-state index is 12.9. The van der Waals surface area contributed by atoms with E-state index in [4.69, 9.17) is 9.47 Å². The zero-order chi connectivity index (χ0) is 17.1. The van der Waals surface area contributed by atoms with Gasteiger partial charge in [0.1, 0.15) is 23.9 Å². The van der Waals surface area contributed by atoms with E-state index in [1.165, 1.54) is 0 Å². The third kappa shape index (κ3) is 3.29. The first-order valence-electron chi connectivity index (χ1n) is 8.32. The summed E-state index contributed by atoms with van der Waals surface area (Å²) < 4.78 is 11.8. The summed E-state index contributed by atoms with van der Waals surface area (Å²) >= 11 is 0. The quantitative estimate of drug-likeness (QED) is 0.829. The Morgan fingerprint density at radius 1 is 1.12 bits per heavy atom. The van der Waals surface area contributed by atoms with Crippen molar-refractivity contribution in [2.24, 2.45) is 0 Å². The van der Waals surface area contributed by atoms with E-state index in [-0.39, 0.29) is 11.7 Å². The minimum Gasteiger partial charge on any atom is -0.492 e. The van der Waals surface area contributed by atoms with Crippen molar-refractivity contribution in [3.63, 3.8) is 0 Å². The number of ketones is 1. The predicted octanol–water partition coefficient (Wildman–Crippen LogP) is 4.11. The molecule has 0 saturated heterocycles. The molecule has 1 atom stereocenters. The summed E-state index contributed by atoms with van der Waals surface area (Å²) in [4.78, 5) is 15.0. The van der Waals surface area contributed by atoms with Crippen LogP contribution in [-0.4, -0.2) is 37.9 Å². The van der Waals surface area contributed by atoms with Crippen LogP contribution in [0.5, 0.6) is 17.2 Å². The summed E-state index contributed by atoms with van der Waals surface area (Å²) in [5, 5.41) is 0. The first-order chi connectivity index (χ1) is 11.6. The maximum Gasteiger partial charge on any atom is 0.174 e. The monoisotopic (exact) mass is 325 g/mol. The lowest BCUT2D eigenvalue weighted by molar-refractivity contribution is 0.0958. The van der Waals surface area contributed by atoms with Crippen LogP contribution in [0.1, 0.15) is 35.2 Å². The number of likely N-dealkylation sites (N-methyl/N-ethyl adjacent to an activating group) is 1. The van der Waals surface area contributed by atoms with Crippen LogP contribution >= 0.6 is 0 Å². The highest BCUT2D eigenvalue weighted by atomic mass is 16.5. The lowest BCUT2D eigenvalue weighted by Gasteiger charge is -2.13. The van der Waals surface area contributed by atoms with Gasteiger partial charge in [-0.1, -0.05) is 25.1 Å². The summed E-state index contributed by atoms with van der Waals surface area (Å²) in [7, 11) is 4.01. The van der Waals surface area contributed by atoms with Crippen LogP contribution in [0.3, 0.4) is 0 Å². The highest BCUT2D eigenvalue weighted by Crippen LogP contribution is 2.41. The summed E-state index contributed by atoms with van der Waals surface area (Å²) in [5.74, 6) is 1.99. The van der Waals surface area contributed by atoms with E-state index in [1.54, 1.807) is 0 Å². The van der Waals surface area contributed by atoms with Crippen molar-refractivity contribution in [1.82, 2.24) is 4.90 Å². The van der Waals surface area contributed by atoms with E-state index in [1.807, 2.05) is 63.5 Å². The smallest absolute Gasteiger partial charge is 0.174 e. The largest absolute Gasteiger partial charge is 0.492 e. The van der Waals surface area contributed by atoms with Gasteiger partial charge in [0, 0.05) is 18.2 Å². The Kier molecular flexibility index (Phi) is 4.86. The molecule has 0 bridgehead atoms. The zero-order valence-electron chi connectivity index (χ0n) is 14.4. The van der Waals surface area contributed by atoms with Gasteiger partial charge in [0.15, 0.2) is 5.78 Å². The van der Waals surface area contributed by atoms with Crippen LogP contribution in [0.15, 0.2) is 42.5 Å². The van der Waals surface area contributed by atoms with Gasteiger partial charge in [0.25, 0.3) is 0 Å². The summed E-state index contributed by atoms with van der Waals surface area (Å²) in [5.41, 5.74) is 1.58. The Morgan fingerprint density at radius 3 is 2.67 bits per heavy atom. The molecule has 0 saturated carbocycles. The number of fused-ring (bicyclic) bond motifs is 2. The molecule has 1 unspecified atom stereocenters. The van der Waals surface area contributed by atoms with Gasteiger partial charge < -0.3 is 14.4 Å². The number of ether oxygens (including phenoxy) is 2. The van der Waals surface area contributed by atoms with Crippen molar-refractivity contribution in [3.8, 4) is 17.2 Å². The Bertz CT molecular complexity index is 739. The molecule has 0 N–H and O–H groups in total. The molecule has 0 aromatic heterocycles. The van der Waals surface area contributed by atoms with E-state index in [2.05, 4.69) is 4.90 Å². The van der Waals surface area contributed by atoms with Gasteiger partial charge >= 0.3 is 0 Å². The molecule has 126 valence electrons. The van der Waals surface area contributed by atoms with Gasteiger partial charge in [-0.15, -0.1) is 0 Å². The van der Waals surface area contributed by atoms with Crippen molar-refractivity contribution in [3.05, 3.63) is 53.6 Å². The van der Waals surface area contributed by atoms with E-state index in [9.17, 15) is 4.79 Å². The normalized spacial score (nSPS) is 16.2. The van der Waals surface area contributed by atoms with Crippen LogP contribution in [0.25, 0.3) is 0 Å². The molecule has 0 aliphatic carbocycles. The molecule has 2 aromatic rings. The second-order valence-corrected chi connectivity index (χ2v) is 6.27. The molecule has 1 aliphatic heterocycles. The number of Topliss-reactive ketones (excluding diaryl/α,β-unsaturated/α-hetero) is 1. The second kappa shape index (κ2) is 7.05. The van der Waals surface area contributed by atoms with E-state index in [0.29, 0.717) is 17.9 Å². The second-order valence-electron chi connectivity index (χ2n) is 6.27. The number of hydrogen-bond donors (Lipinski definition) is 0. The Hall–Kier alpha value is -2.33. The number of nitrogens with zero attached hydrogens (tertiary/aromatic N) is 1. The van der Waals surface area contributed by atoms with Gasteiger partial charge in [-0.2, -0.15) is 0 Å². The molecule has 1 aliphatic rings.